The predicted molar refractivity (Wildman–Crippen MR) is 86.3 cm³/mol. The van der Waals surface area contributed by atoms with E-state index in [9.17, 15) is 13.6 Å². The van der Waals surface area contributed by atoms with Crippen molar-refractivity contribution in [1.29, 1.82) is 0 Å². The van der Waals surface area contributed by atoms with Crippen molar-refractivity contribution in [2.24, 2.45) is 0 Å². The lowest BCUT2D eigenvalue weighted by molar-refractivity contribution is -0.121. The molecule has 23 heavy (non-hydrogen) atoms. The highest BCUT2D eigenvalue weighted by atomic mass is 19.1. The molecular weight excluding hydrogens is 296 g/mol. The number of benzene rings is 2. The molecule has 1 aliphatic rings. The average Bonchev–Trinajstić information content (AvgIpc) is 3.02. The molecule has 0 spiro atoms. The van der Waals surface area contributed by atoms with E-state index in [4.69, 9.17) is 0 Å². The molecule has 0 atom stereocenters. The smallest absolute Gasteiger partial charge is 0.235 e. The lowest BCUT2D eigenvalue weighted by atomic mass is 9.78. The highest BCUT2D eigenvalue weighted by molar-refractivity contribution is 5.99. The van der Waals surface area contributed by atoms with Crippen molar-refractivity contribution >= 4 is 11.6 Å². The van der Waals surface area contributed by atoms with Gasteiger partial charge in [-0.15, -0.1) is 0 Å². The van der Waals surface area contributed by atoms with Gasteiger partial charge in [0.15, 0.2) is 0 Å². The fourth-order valence-corrected chi connectivity index (χ4v) is 3.39. The van der Waals surface area contributed by atoms with E-state index in [1.165, 1.54) is 18.2 Å². The summed E-state index contributed by atoms with van der Waals surface area (Å²) in [5, 5.41) is 2.72. The van der Waals surface area contributed by atoms with Crippen LogP contribution in [0.2, 0.25) is 0 Å². The molecule has 4 heteroatoms. The van der Waals surface area contributed by atoms with Gasteiger partial charge in [-0.1, -0.05) is 31.0 Å². The largest absolute Gasteiger partial charge is 0.323 e. The van der Waals surface area contributed by atoms with E-state index in [1.54, 1.807) is 24.3 Å². The van der Waals surface area contributed by atoms with Gasteiger partial charge in [0, 0.05) is 0 Å². The van der Waals surface area contributed by atoms with Gasteiger partial charge in [0.25, 0.3) is 0 Å². The van der Waals surface area contributed by atoms with Crippen LogP contribution in [0.15, 0.2) is 42.5 Å². The van der Waals surface area contributed by atoms with Gasteiger partial charge in [0.1, 0.15) is 11.6 Å². The highest BCUT2D eigenvalue weighted by Crippen LogP contribution is 2.42. The molecule has 1 aliphatic carbocycles. The minimum absolute atomic E-state index is 0.178. The van der Waals surface area contributed by atoms with Crippen LogP contribution in [-0.2, 0) is 10.2 Å². The molecule has 0 bridgehead atoms. The van der Waals surface area contributed by atoms with E-state index in [0.29, 0.717) is 18.4 Å². The number of carbonyl (C=O) groups is 1. The zero-order chi connectivity index (χ0) is 16.4. The third-order valence-corrected chi connectivity index (χ3v) is 4.64. The van der Waals surface area contributed by atoms with E-state index in [0.717, 1.165) is 18.4 Å². The molecule has 0 saturated heterocycles. The first-order valence-corrected chi connectivity index (χ1v) is 7.85. The molecule has 1 amide bonds. The molecule has 1 N–H and O–H groups in total. The van der Waals surface area contributed by atoms with Crippen molar-refractivity contribution in [3.8, 4) is 0 Å². The van der Waals surface area contributed by atoms with Crippen molar-refractivity contribution in [1.82, 2.24) is 0 Å². The summed E-state index contributed by atoms with van der Waals surface area (Å²) in [7, 11) is 0. The van der Waals surface area contributed by atoms with Crippen molar-refractivity contribution in [2.45, 2.75) is 38.0 Å². The molecule has 1 fully saturated rings. The molecule has 3 rings (SSSR count). The van der Waals surface area contributed by atoms with Gasteiger partial charge in [-0.3, -0.25) is 4.79 Å². The molecule has 2 nitrogen and oxygen atoms in total. The number of halogens is 2. The Morgan fingerprint density at radius 2 is 1.83 bits per heavy atom. The Hall–Kier alpha value is -2.23. The first-order valence-electron chi connectivity index (χ1n) is 7.85. The monoisotopic (exact) mass is 315 g/mol. The standard InChI is InChI=1S/C19H19F2NO/c1-13-7-8-16(21)17(11-13)22-18(23)19(9-2-3-10-19)14-5-4-6-15(20)12-14/h4-8,11-12H,2-3,9-10H2,1H3,(H,22,23). The zero-order valence-corrected chi connectivity index (χ0v) is 13.0. The third kappa shape index (κ3) is 2.98. The maximum atomic E-state index is 13.9. The van der Waals surface area contributed by atoms with Crippen LogP contribution in [0.25, 0.3) is 0 Å². The molecule has 0 heterocycles. The Morgan fingerprint density at radius 3 is 2.52 bits per heavy atom. The summed E-state index contributed by atoms with van der Waals surface area (Å²) < 4.78 is 27.5. The SMILES string of the molecule is Cc1ccc(F)c(NC(=O)C2(c3cccc(F)c3)CCCC2)c1. The maximum Gasteiger partial charge on any atom is 0.235 e. The molecule has 0 aliphatic heterocycles. The van der Waals surface area contributed by atoms with Crippen LogP contribution in [0.1, 0.15) is 36.8 Å². The van der Waals surface area contributed by atoms with Gasteiger partial charge in [-0.2, -0.15) is 0 Å². The summed E-state index contributed by atoms with van der Waals surface area (Å²) in [4.78, 5) is 12.9. The van der Waals surface area contributed by atoms with E-state index in [1.807, 2.05) is 6.92 Å². The van der Waals surface area contributed by atoms with Gasteiger partial charge >= 0.3 is 0 Å². The molecular formula is C19H19F2NO. The second-order valence-electron chi connectivity index (χ2n) is 6.24. The predicted octanol–water partition coefficient (Wildman–Crippen LogP) is 4.72. The van der Waals surface area contributed by atoms with Crippen LogP contribution >= 0.6 is 0 Å². The fourth-order valence-electron chi connectivity index (χ4n) is 3.39. The van der Waals surface area contributed by atoms with E-state index >= 15 is 0 Å². The quantitative estimate of drug-likeness (QED) is 0.872. The summed E-state index contributed by atoms with van der Waals surface area (Å²) in [5.74, 6) is -1.08. The second-order valence-corrected chi connectivity index (χ2v) is 6.24. The Balaban J connectivity index is 1.95. The summed E-state index contributed by atoms with van der Waals surface area (Å²) >= 11 is 0. The van der Waals surface area contributed by atoms with Crippen LogP contribution < -0.4 is 5.32 Å². The van der Waals surface area contributed by atoms with Crippen LogP contribution in [0, 0.1) is 18.6 Å². The number of aryl methyl sites for hydroxylation is 1. The number of carbonyl (C=O) groups excluding carboxylic acids is 1. The van der Waals surface area contributed by atoms with E-state index in [-0.39, 0.29) is 17.4 Å². The van der Waals surface area contributed by atoms with Crippen molar-refractivity contribution < 1.29 is 13.6 Å². The first-order chi connectivity index (χ1) is 11.0. The number of amides is 1. The maximum absolute atomic E-state index is 13.9. The lowest BCUT2D eigenvalue weighted by Crippen LogP contribution is -2.38. The molecule has 2 aromatic carbocycles. The van der Waals surface area contributed by atoms with Gasteiger partial charge < -0.3 is 5.32 Å². The Kier molecular flexibility index (Phi) is 4.16. The van der Waals surface area contributed by atoms with Gasteiger partial charge in [-0.25, -0.2) is 8.78 Å². The minimum Gasteiger partial charge on any atom is -0.323 e. The van der Waals surface area contributed by atoms with Crippen LogP contribution in [0.5, 0.6) is 0 Å². The Bertz CT molecular complexity index is 736. The lowest BCUT2D eigenvalue weighted by Gasteiger charge is -2.28. The fraction of sp³-hybridized carbons (Fsp3) is 0.316. The number of rotatable bonds is 3. The topological polar surface area (TPSA) is 29.1 Å². The van der Waals surface area contributed by atoms with Crippen LogP contribution in [-0.4, -0.2) is 5.91 Å². The molecule has 0 aromatic heterocycles. The van der Waals surface area contributed by atoms with E-state index in [2.05, 4.69) is 5.32 Å². The number of hydrogen-bond donors (Lipinski definition) is 1. The second kappa shape index (κ2) is 6.11. The van der Waals surface area contributed by atoms with E-state index < -0.39 is 11.2 Å². The average molecular weight is 315 g/mol. The summed E-state index contributed by atoms with van der Waals surface area (Å²) in [5.41, 5.74) is 0.935. The first kappa shape index (κ1) is 15.7. The Morgan fingerprint density at radius 1 is 1.09 bits per heavy atom. The Labute approximate surface area is 134 Å². The molecule has 120 valence electrons. The summed E-state index contributed by atoms with van der Waals surface area (Å²) in [6.45, 7) is 1.84. The van der Waals surface area contributed by atoms with Gasteiger partial charge in [-0.05, 0) is 55.2 Å². The number of anilines is 1. The highest BCUT2D eigenvalue weighted by Gasteiger charge is 2.43. The summed E-state index contributed by atoms with van der Waals surface area (Å²) in [6, 6.07) is 10.8. The number of nitrogens with one attached hydrogen (secondary N) is 1. The molecule has 0 unspecified atom stereocenters. The van der Waals surface area contributed by atoms with Crippen molar-refractivity contribution in [2.75, 3.05) is 5.32 Å². The molecule has 0 radical (unpaired) electrons. The van der Waals surface area contributed by atoms with Crippen molar-refractivity contribution in [3.63, 3.8) is 0 Å². The van der Waals surface area contributed by atoms with Crippen molar-refractivity contribution in [3.05, 3.63) is 65.2 Å². The number of hydrogen-bond acceptors (Lipinski definition) is 1. The third-order valence-electron chi connectivity index (χ3n) is 4.64. The summed E-state index contributed by atoms with van der Waals surface area (Å²) in [6.07, 6.45) is 3.10. The normalized spacial score (nSPS) is 16.3. The minimum atomic E-state index is -0.779. The van der Waals surface area contributed by atoms with Crippen LogP contribution in [0.4, 0.5) is 14.5 Å². The molecule has 1 saturated carbocycles. The molecule has 2 aromatic rings. The zero-order valence-electron chi connectivity index (χ0n) is 13.0. The van der Waals surface area contributed by atoms with Crippen LogP contribution in [0.3, 0.4) is 0 Å². The van der Waals surface area contributed by atoms with Gasteiger partial charge in [0.05, 0.1) is 11.1 Å². The van der Waals surface area contributed by atoms with Gasteiger partial charge in [0.2, 0.25) is 5.91 Å².